The molecule has 2 amide bonds. The summed E-state index contributed by atoms with van der Waals surface area (Å²) in [6.07, 6.45) is -1.22. The molecule has 26 heavy (non-hydrogen) atoms. The van der Waals surface area contributed by atoms with E-state index < -0.39 is 23.8 Å². The summed E-state index contributed by atoms with van der Waals surface area (Å²) in [4.78, 5) is 35.3. The van der Waals surface area contributed by atoms with Gasteiger partial charge in [0.2, 0.25) is 0 Å². The minimum absolute atomic E-state index is 0.0957. The summed E-state index contributed by atoms with van der Waals surface area (Å²) in [7, 11) is 1.26. The predicted molar refractivity (Wildman–Crippen MR) is 92.8 cm³/mol. The van der Waals surface area contributed by atoms with E-state index in [9.17, 15) is 14.4 Å². The van der Waals surface area contributed by atoms with Crippen LogP contribution in [0.4, 0.5) is 9.59 Å². The number of amides is 2. The summed E-state index contributed by atoms with van der Waals surface area (Å²) in [5.41, 5.74) is 2.24. The van der Waals surface area contributed by atoms with Crippen molar-refractivity contribution in [3.8, 4) is 0 Å². The van der Waals surface area contributed by atoms with Gasteiger partial charge in [-0.2, -0.15) is 0 Å². The SMILES string of the molecule is COC(=O)N[C@@H](CNC(=O)OC(C)(C)C)c1ccc2c(c1C)COC2=O. The average molecular weight is 364 g/mol. The Morgan fingerprint density at radius 3 is 2.58 bits per heavy atom. The van der Waals surface area contributed by atoms with Gasteiger partial charge in [0.1, 0.15) is 12.2 Å². The lowest BCUT2D eigenvalue weighted by Crippen LogP contribution is -2.40. The second-order valence-corrected chi connectivity index (χ2v) is 6.95. The number of rotatable bonds is 4. The van der Waals surface area contributed by atoms with Crippen LogP contribution in [-0.2, 0) is 20.8 Å². The topological polar surface area (TPSA) is 103 Å². The Kier molecular flexibility index (Phi) is 5.74. The first-order chi connectivity index (χ1) is 12.1. The van der Waals surface area contributed by atoms with Gasteiger partial charge in [-0.3, -0.25) is 0 Å². The molecular weight excluding hydrogens is 340 g/mol. The third-order valence-electron chi connectivity index (χ3n) is 3.91. The van der Waals surface area contributed by atoms with Gasteiger partial charge in [0.05, 0.1) is 18.7 Å². The van der Waals surface area contributed by atoms with Gasteiger partial charge in [0, 0.05) is 12.1 Å². The van der Waals surface area contributed by atoms with E-state index in [0.717, 1.165) is 16.7 Å². The van der Waals surface area contributed by atoms with Crippen LogP contribution in [0.2, 0.25) is 0 Å². The van der Waals surface area contributed by atoms with Crippen LogP contribution in [0.25, 0.3) is 0 Å². The van der Waals surface area contributed by atoms with Gasteiger partial charge in [0.15, 0.2) is 0 Å². The highest BCUT2D eigenvalue weighted by molar-refractivity contribution is 5.94. The number of fused-ring (bicyclic) bond motifs is 1. The van der Waals surface area contributed by atoms with Crippen molar-refractivity contribution in [3.63, 3.8) is 0 Å². The Labute approximate surface area is 152 Å². The number of carbonyl (C=O) groups excluding carboxylic acids is 3. The fraction of sp³-hybridized carbons (Fsp3) is 0.500. The maximum atomic E-state index is 11.9. The van der Waals surface area contributed by atoms with E-state index in [1.54, 1.807) is 32.9 Å². The maximum absolute atomic E-state index is 11.9. The lowest BCUT2D eigenvalue weighted by molar-refractivity contribution is 0.0515. The molecular formula is C18H24N2O6. The number of nitrogens with one attached hydrogen (secondary N) is 2. The Morgan fingerprint density at radius 2 is 1.96 bits per heavy atom. The number of cyclic esters (lactones) is 1. The van der Waals surface area contributed by atoms with Crippen LogP contribution in [-0.4, -0.2) is 37.4 Å². The normalized spacial score (nSPS) is 14.1. The second-order valence-electron chi connectivity index (χ2n) is 6.95. The van der Waals surface area contributed by atoms with E-state index in [4.69, 9.17) is 9.47 Å². The molecule has 1 aromatic rings. The number of hydrogen-bond acceptors (Lipinski definition) is 6. The van der Waals surface area contributed by atoms with Crippen LogP contribution in [0.5, 0.6) is 0 Å². The van der Waals surface area contributed by atoms with Crippen molar-refractivity contribution in [1.29, 1.82) is 0 Å². The molecule has 0 aromatic heterocycles. The van der Waals surface area contributed by atoms with Gasteiger partial charge in [-0.15, -0.1) is 0 Å². The first kappa shape index (κ1) is 19.6. The summed E-state index contributed by atoms with van der Waals surface area (Å²) >= 11 is 0. The zero-order valence-electron chi connectivity index (χ0n) is 15.6. The second kappa shape index (κ2) is 7.63. The molecule has 0 bridgehead atoms. The van der Waals surface area contributed by atoms with Gasteiger partial charge >= 0.3 is 18.2 Å². The fourth-order valence-corrected chi connectivity index (χ4v) is 2.68. The van der Waals surface area contributed by atoms with Crippen LogP contribution in [0, 0.1) is 6.92 Å². The van der Waals surface area contributed by atoms with Gasteiger partial charge in [-0.1, -0.05) is 6.07 Å². The van der Waals surface area contributed by atoms with Gasteiger partial charge in [-0.25, -0.2) is 14.4 Å². The molecule has 0 saturated heterocycles. The van der Waals surface area contributed by atoms with Gasteiger partial charge < -0.3 is 24.8 Å². The van der Waals surface area contributed by atoms with Gasteiger partial charge in [0.25, 0.3) is 0 Å². The minimum atomic E-state index is -0.631. The molecule has 8 heteroatoms. The van der Waals surface area contributed by atoms with Crippen LogP contribution < -0.4 is 10.6 Å². The Morgan fingerprint density at radius 1 is 1.27 bits per heavy atom. The van der Waals surface area contributed by atoms with Crippen molar-refractivity contribution in [2.24, 2.45) is 0 Å². The summed E-state index contributed by atoms with van der Waals surface area (Å²) in [6, 6.07) is 2.83. The number of ether oxygens (including phenoxy) is 3. The number of esters is 1. The third-order valence-corrected chi connectivity index (χ3v) is 3.91. The molecule has 1 heterocycles. The van der Waals surface area contributed by atoms with Crippen molar-refractivity contribution < 1.29 is 28.6 Å². The van der Waals surface area contributed by atoms with Crippen LogP contribution in [0.3, 0.4) is 0 Å². The van der Waals surface area contributed by atoms with E-state index in [1.807, 2.05) is 6.92 Å². The summed E-state index contributed by atoms with van der Waals surface area (Å²) in [5, 5.41) is 5.33. The molecule has 0 spiro atoms. The van der Waals surface area contributed by atoms with Crippen molar-refractivity contribution >= 4 is 18.2 Å². The molecule has 0 fully saturated rings. The van der Waals surface area contributed by atoms with Crippen molar-refractivity contribution in [3.05, 3.63) is 34.4 Å². The molecule has 0 aliphatic carbocycles. The summed E-state index contributed by atoms with van der Waals surface area (Å²) < 4.78 is 14.9. The first-order valence-corrected chi connectivity index (χ1v) is 8.23. The van der Waals surface area contributed by atoms with E-state index in [-0.39, 0.29) is 19.1 Å². The molecule has 2 rings (SSSR count). The van der Waals surface area contributed by atoms with Crippen molar-refractivity contribution in [1.82, 2.24) is 10.6 Å². The Hall–Kier alpha value is -2.77. The molecule has 8 nitrogen and oxygen atoms in total. The zero-order chi connectivity index (χ0) is 19.5. The number of carbonyl (C=O) groups is 3. The minimum Gasteiger partial charge on any atom is -0.457 e. The highest BCUT2D eigenvalue weighted by Gasteiger charge is 2.27. The largest absolute Gasteiger partial charge is 0.457 e. The molecule has 1 aliphatic heterocycles. The molecule has 142 valence electrons. The number of benzene rings is 1. The van der Waals surface area contributed by atoms with E-state index >= 15 is 0 Å². The van der Waals surface area contributed by atoms with Crippen molar-refractivity contribution in [2.75, 3.05) is 13.7 Å². The molecule has 1 aromatic carbocycles. The number of alkyl carbamates (subject to hydrolysis) is 2. The summed E-state index contributed by atoms with van der Waals surface area (Å²) in [6.45, 7) is 7.42. The van der Waals surface area contributed by atoms with Crippen molar-refractivity contribution in [2.45, 2.75) is 45.9 Å². The maximum Gasteiger partial charge on any atom is 0.407 e. The molecule has 0 radical (unpaired) electrons. The zero-order valence-corrected chi connectivity index (χ0v) is 15.6. The van der Waals surface area contributed by atoms with Crippen LogP contribution in [0.15, 0.2) is 12.1 Å². The molecule has 0 saturated carbocycles. The molecule has 2 N–H and O–H groups in total. The molecule has 0 unspecified atom stereocenters. The average Bonchev–Trinajstić information content (AvgIpc) is 2.92. The monoisotopic (exact) mass is 364 g/mol. The fourth-order valence-electron chi connectivity index (χ4n) is 2.68. The lowest BCUT2D eigenvalue weighted by atomic mass is 9.94. The Bertz CT molecular complexity index is 723. The van der Waals surface area contributed by atoms with Crippen LogP contribution >= 0.6 is 0 Å². The highest BCUT2D eigenvalue weighted by atomic mass is 16.6. The smallest absolute Gasteiger partial charge is 0.407 e. The summed E-state index contributed by atoms with van der Waals surface area (Å²) in [5.74, 6) is -0.362. The predicted octanol–water partition coefficient (Wildman–Crippen LogP) is 2.59. The first-order valence-electron chi connectivity index (χ1n) is 8.23. The number of methoxy groups -OCH3 is 1. The van der Waals surface area contributed by atoms with Gasteiger partial charge in [-0.05, 0) is 44.9 Å². The quantitative estimate of drug-likeness (QED) is 0.629. The third kappa shape index (κ3) is 4.65. The molecule has 1 atom stereocenters. The highest BCUT2D eigenvalue weighted by Crippen LogP contribution is 2.29. The standard InChI is InChI=1S/C18H24N2O6/c1-10-11(6-7-12-13(10)9-25-15(12)21)14(20-17(23)24-5)8-19-16(22)26-18(2,3)4/h6-7,14H,8-9H2,1-5H3,(H,19,22)(H,20,23)/t14-/m0/s1. The number of hydrogen-bond donors (Lipinski definition) is 2. The van der Waals surface area contributed by atoms with E-state index in [1.165, 1.54) is 7.11 Å². The van der Waals surface area contributed by atoms with E-state index in [2.05, 4.69) is 15.4 Å². The lowest BCUT2D eigenvalue weighted by Gasteiger charge is -2.24. The Balaban J connectivity index is 2.21. The van der Waals surface area contributed by atoms with Crippen LogP contribution in [0.1, 0.15) is 53.9 Å². The van der Waals surface area contributed by atoms with E-state index in [0.29, 0.717) is 5.56 Å². The molecule has 1 aliphatic rings.